The number of carbonyl (C=O) groups excluding carboxylic acids is 2. The summed E-state index contributed by atoms with van der Waals surface area (Å²) in [5, 5.41) is 11.8. The molecule has 3 heterocycles. The zero-order chi connectivity index (χ0) is 22.8. The molecule has 0 bridgehead atoms. The van der Waals surface area contributed by atoms with Gasteiger partial charge in [0.05, 0.1) is 12.2 Å². The van der Waals surface area contributed by atoms with Gasteiger partial charge in [-0.05, 0) is 44.0 Å². The third kappa shape index (κ3) is 4.34. The fourth-order valence-electron chi connectivity index (χ4n) is 4.06. The third-order valence-electron chi connectivity index (χ3n) is 5.99. The van der Waals surface area contributed by atoms with Crippen LogP contribution in [0.2, 0.25) is 0 Å². The number of nitrogens with one attached hydrogen (secondary N) is 1. The SMILES string of the molecule is Cc1noc2cc(-c3noc(C4CCN(C(=O)CNC(=O)c5ccccc5)CC4)n3)ccc12. The summed E-state index contributed by atoms with van der Waals surface area (Å²) < 4.78 is 10.9. The first-order valence-corrected chi connectivity index (χ1v) is 10.9. The zero-order valence-electron chi connectivity index (χ0n) is 18.2. The Morgan fingerprint density at radius 2 is 1.85 bits per heavy atom. The number of piperidine rings is 1. The molecule has 1 saturated heterocycles. The van der Waals surface area contributed by atoms with E-state index in [-0.39, 0.29) is 24.3 Å². The number of carbonyl (C=O) groups is 2. The molecule has 0 spiro atoms. The summed E-state index contributed by atoms with van der Waals surface area (Å²) in [4.78, 5) is 31.0. The topological polar surface area (TPSA) is 114 Å². The van der Waals surface area contributed by atoms with Crippen molar-refractivity contribution in [1.82, 2.24) is 25.5 Å². The number of fused-ring (bicyclic) bond motifs is 1. The molecule has 168 valence electrons. The summed E-state index contributed by atoms with van der Waals surface area (Å²) in [6.45, 7) is 3.02. The minimum atomic E-state index is -0.254. The average Bonchev–Trinajstić information content (AvgIpc) is 3.50. The van der Waals surface area contributed by atoms with E-state index in [0.29, 0.717) is 36.0 Å². The van der Waals surface area contributed by atoms with Gasteiger partial charge < -0.3 is 19.3 Å². The Kier molecular flexibility index (Phi) is 5.60. The Balaban J connectivity index is 1.16. The highest BCUT2D eigenvalue weighted by atomic mass is 16.5. The van der Waals surface area contributed by atoms with Gasteiger partial charge in [0.25, 0.3) is 5.91 Å². The van der Waals surface area contributed by atoms with Gasteiger partial charge in [0.15, 0.2) is 5.58 Å². The molecule has 0 unspecified atom stereocenters. The largest absolute Gasteiger partial charge is 0.356 e. The van der Waals surface area contributed by atoms with Gasteiger partial charge in [0, 0.05) is 35.5 Å². The molecule has 0 radical (unpaired) electrons. The van der Waals surface area contributed by atoms with Gasteiger partial charge in [0.1, 0.15) is 0 Å². The maximum Gasteiger partial charge on any atom is 0.251 e. The van der Waals surface area contributed by atoms with Crippen molar-refractivity contribution in [2.24, 2.45) is 0 Å². The summed E-state index contributed by atoms with van der Waals surface area (Å²) in [5.74, 6) is 0.812. The van der Waals surface area contributed by atoms with Crippen molar-refractivity contribution < 1.29 is 18.6 Å². The predicted octanol–water partition coefficient (Wildman–Crippen LogP) is 3.32. The lowest BCUT2D eigenvalue weighted by Crippen LogP contribution is -2.43. The van der Waals surface area contributed by atoms with E-state index < -0.39 is 0 Å². The number of likely N-dealkylation sites (tertiary alicyclic amines) is 1. The second kappa shape index (κ2) is 8.85. The molecule has 0 saturated carbocycles. The van der Waals surface area contributed by atoms with Crippen LogP contribution in [0.4, 0.5) is 0 Å². The van der Waals surface area contributed by atoms with Crippen molar-refractivity contribution in [2.45, 2.75) is 25.7 Å². The molecule has 9 heteroatoms. The van der Waals surface area contributed by atoms with E-state index in [2.05, 4.69) is 20.6 Å². The number of hydrogen-bond acceptors (Lipinski definition) is 7. The summed E-state index contributed by atoms with van der Waals surface area (Å²) >= 11 is 0. The van der Waals surface area contributed by atoms with Crippen LogP contribution >= 0.6 is 0 Å². The van der Waals surface area contributed by atoms with Crippen molar-refractivity contribution in [3.05, 3.63) is 65.7 Å². The number of hydrogen-bond donors (Lipinski definition) is 1. The number of aryl methyl sites for hydroxylation is 1. The molecule has 1 aliphatic heterocycles. The Morgan fingerprint density at radius 3 is 2.64 bits per heavy atom. The maximum atomic E-state index is 12.5. The van der Waals surface area contributed by atoms with Crippen LogP contribution in [0.3, 0.4) is 0 Å². The van der Waals surface area contributed by atoms with E-state index in [9.17, 15) is 9.59 Å². The normalized spacial score (nSPS) is 14.5. The second-order valence-corrected chi connectivity index (χ2v) is 8.14. The molecule has 5 rings (SSSR count). The number of nitrogens with zero attached hydrogens (tertiary/aromatic N) is 4. The van der Waals surface area contributed by atoms with Crippen molar-refractivity contribution in [2.75, 3.05) is 19.6 Å². The standard InChI is InChI=1S/C24H23N5O4/c1-15-19-8-7-18(13-20(19)32-27-15)22-26-24(33-28-22)17-9-11-29(12-10-17)21(30)14-25-23(31)16-5-3-2-4-6-16/h2-8,13,17H,9-12,14H2,1H3,(H,25,31). The number of amides is 2. The summed E-state index contributed by atoms with van der Waals surface area (Å²) in [7, 11) is 0. The van der Waals surface area contributed by atoms with Crippen molar-refractivity contribution >= 4 is 22.8 Å². The molecule has 0 atom stereocenters. The molecule has 1 N–H and O–H groups in total. The van der Waals surface area contributed by atoms with Gasteiger partial charge in [-0.1, -0.05) is 34.6 Å². The zero-order valence-corrected chi connectivity index (χ0v) is 18.2. The van der Waals surface area contributed by atoms with E-state index in [4.69, 9.17) is 9.05 Å². The minimum absolute atomic E-state index is 0.0211. The Morgan fingerprint density at radius 1 is 1.06 bits per heavy atom. The monoisotopic (exact) mass is 445 g/mol. The third-order valence-corrected chi connectivity index (χ3v) is 5.99. The fourth-order valence-corrected chi connectivity index (χ4v) is 4.06. The van der Waals surface area contributed by atoms with Crippen LogP contribution in [0.1, 0.15) is 40.7 Å². The average molecular weight is 445 g/mol. The molecule has 33 heavy (non-hydrogen) atoms. The summed E-state index contributed by atoms with van der Waals surface area (Å²) in [6.07, 6.45) is 1.45. The smallest absolute Gasteiger partial charge is 0.251 e. The van der Waals surface area contributed by atoms with Crippen LogP contribution in [-0.2, 0) is 4.79 Å². The van der Waals surface area contributed by atoms with Gasteiger partial charge in [-0.2, -0.15) is 4.98 Å². The highest BCUT2D eigenvalue weighted by Gasteiger charge is 2.28. The lowest BCUT2D eigenvalue weighted by Gasteiger charge is -2.30. The fraction of sp³-hybridized carbons (Fsp3) is 0.292. The van der Waals surface area contributed by atoms with Crippen LogP contribution in [0.15, 0.2) is 57.6 Å². The summed E-state index contributed by atoms with van der Waals surface area (Å²) in [5.41, 5.74) is 2.86. The lowest BCUT2D eigenvalue weighted by molar-refractivity contribution is -0.131. The van der Waals surface area contributed by atoms with E-state index >= 15 is 0 Å². The highest BCUT2D eigenvalue weighted by molar-refractivity contribution is 5.96. The molecule has 9 nitrogen and oxygen atoms in total. The molecule has 2 aromatic heterocycles. The number of aromatic nitrogens is 3. The first-order valence-electron chi connectivity index (χ1n) is 10.9. The Hall–Kier alpha value is -4.01. The molecule has 0 aliphatic carbocycles. The minimum Gasteiger partial charge on any atom is -0.356 e. The van der Waals surface area contributed by atoms with E-state index in [1.54, 1.807) is 29.2 Å². The molecule has 2 amide bonds. The molecule has 2 aromatic carbocycles. The number of rotatable bonds is 5. The van der Waals surface area contributed by atoms with Gasteiger partial charge >= 0.3 is 0 Å². The first kappa shape index (κ1) is 20.9. The van der Waals surface area contributed by atoms with Crippen LogP contribution in [-0.4, -0.2) is 51.6 Å². The molecule has 4 aromatic rings. The van der Waals surface area contributed by atoms with Gasteiger partial charge in [0.2, 0.25) is 17.6 Å². The quantitative estimate of drug-likeness (QED) is 0.501. The maximum absolute atomic E-state index is 12.5. The Labute approximate surface area is 189 Å². The summed E-state index contributed by atoms with van der Waals surface area (Å²) in [6, 6.07) is 14.6. The van der Waals surface area contributed by atoms with Gasteiger partial charge in [-0.3, -0.25) is 9.59 Å². The second-order valence-electron chi connectivity index (χ2n) is 8.14. The molecular formula is C24H23N5O4. The highest BCUT2D eigenvalue weighted by Crippen LogP contribution is 2.30. The van der Waals surface area contributed by atoms with Crippen LogP contribution in [0.25, 0.3) is 22.4 Å². The molecule has 1 aliphatic rings. The van der Waals surface area contributed by atoms with E-state index in [0.717, 1.165) is 29.5 Å². The lowest BCUT2D eigenvalue weighted by atomic mass is 9.96. The Bertz CT molecular complexity index is 1290. The predicted molar refractivity (Wildman–Crippen MR) is 119 cm³/mol. The van der Waals surface area contributed by atoms with Gasteiger partial charge in [-0.25, -0.2) is 0 Å². The number of benzene rings is 2. The van der Waals surface area contributed by atoms with Gasteiger partial charge in [-0.15, -0.1) is 0 Å². The van der Waals surface area contributed by atoms with Crippen LogP contribution in [0.5, 0.6) is 0 Å². The molecular weight excluding hydrogens is 422 g/mol. The van der Waals surface area contributed by atoms with E-state index in [1.165, 1.54) is 0 Å². The van der Waals surface area contributed by atoms with Crippen LogP contribution in [0, 0.1) is 6.92 Å². The first-order chi connectivity index (χ1) is 16.1. The van der Waals surface area contributed by atoms with Crippen molar-refractivity contribution in [3.8, 4) is 11.4 Å². The van der Waals surface area contributed by atoms with E-state index in [1.807, 2.05) is 31.2 Å². The van der Waals surface area contributed by atoms with Crippen molar-refractivity contribution in [3.63, 3.8) is 0 Å². The van der Waals surface area contributed by atoms with Crippen molar-refractivity contribution in [1.29, 1.82) is 0 Å². The van der Waals surface area contributed by atoms with Crippen LogP contribution < -0.4 is 5.32 Å². The molecule has 1 fully saturated rings.